The third-order valence-corrected chi connectivity index (χ3v) is 4.11. The quantitative estimate of drug-likeness (QED) is 0.627. The SMILES string of the molecule is CN1CCOC(CNS(=O)(=O)CCCC(=O)O)C1. The minimum Gasteiger partial charge on any atom is -0.481 e. The standard InChI is InChI=1S/C10H20N2O5S/c1-12-4-5-17-9(8-12)7-11-18(15,16)6-2-3-10(13)14/h9,11H,2-8H2,1H3,(H,13,14). The molecule has 1 fully saturated rings. The zero-order valence-corrected chi connectivity index (χ0v) is 11.3. The Morgan fingerprint density at radius 2 is 2.28 bits per heavy atom. The molecule has 0 aliphatic carbocycles. The molecular weight excluding hydrogens is 260 g/mol. The van der Waals surface area contributed by atoms with Crippen molar-refractivity contribution in [2.45, 2.75) is 18.9 Å². The Labute approximate surface area is 107 Å². The zero-order valence-electron chi connectivity index (χ0n) is 10.5. The maximum absolute atomic E-state index is 11.6. The second kappa shape index (κ2) is 7.03. The Balaban J connectivity index is 2.25. The smallest absolute Gasteiger partial charge is 0.303 e. The first kappa shape index (κ1) is 15.4. The van der Waals surface area contributed by atoms with Crippen molar-refractivity contribution >= 4 is 16.0 Å². The van der Waals surface area contributed by atoms with Crippen molar-refractivity contribution in [1.29, 1.82) is 0 Å². The Hall–Kier alpha value is -0.700. The predicted octanol–water partition coefficient (Wildman–Crippen LogP) is -0.899. The van der Waals surface area contributed by atoms with Crippen molar-refractivity contribution in [3.8, 4) is 0 Å². The van der Waals surface area contributed by atoms with Crippen molar-refractivity contribution < 1.29 is 23.1 Å². The summed E-state index contributed by atoms with van der Waals surface area (Å²) in [5.74, 6) is -1.15. The zero-order chi connectivity index (χ0) is 13.6. The van der Waals surface area contributed by atoms with E-state index in [0.29, 0.717) is 13.2 Å². The Kier molecular flexibility index (Phi) is 6.00. The van der Waals surface area contributed by atoms with Crippen LogP contribution < -0.4 is 4.72 Å². The van der Waals surface area contributed by atoms with Gasteiger partial charge >= 0.3 is 5.97 Å². The largest absolute Gasteiger partial charge is 0.481 e. The molecule has 0 aromatic carbocycles. The highest BCUT2D eigenvalue weighted by Crippen LogP contribution is 2.03. The van der Waals surface area contributed by atoms with E-state index < -0.39 is 16.0 Å². The van der Waals surface area contributed by atoms with Crippen LogP contribution in [0, 0.1) is 0 Å². The van der Waals surface area contributed by atoms with Gasteiger partial charge < -0.3 is 14.7 Å². The second-order valence-electron chi connectivity index (χ2n) is 4.42. The number of carboxylic acid groups (broad SMARTS) is 1. The maximum Gasteiger partial charge on any atom is 0.303 e. The van der Waals surface area contributed by atoms with Gasteiger partial charge in [-0.15, -0.1) is 0 Å². The molecule has 1 rings (SSSR count). The minimum absolute atomic E-state index is 0.121. The summed E-state index contributed by atoms with van der Waals surface area (Å²) in [5.41, 5.74) is 0. The molecule has 1 unspecified atom stereocenters. The summed E-state index contributed by atoms with van der Waals surface area (Å²) in [6.45, 7) is 2.38. The molecule has 0 aromatic rings. The average molecular weight is 280 g/mol. The molecule has 1 heterocycles. The Morgan fingerprint density at radius 3 is 2.89 bits per heavy atom. The molecule has 1 aliphatic rings. The van der Waals surface area contributed by atoms with Crippen molar-refractivity contribution in [2.75, 3.05) is 39.0 Å². The first-order valence-corrected chi connectivity index (χ1v) is 7.53. The van der Waals surface area contributed by atoms with Crippen LogP contribution in [0.4, 0.5) is 0 Å². The van der Waals surface area contributed by atoms with Gasteiger partial charge in [-0.05, 0) is 13.5 Å². The molecule has 18 heavy (non-hydrogen) atoms. The molecule has 0 bridgehead atoms. The number of aliphatic carboxylic acids is 1. The van der Waals surface area contributed by atoms with Gasteiger partial charge in [-0.1, -0.05) is 0 Å². The van der Waals surface area contributed by atoms with Crippen LogP contribution >= 0.6 is 0 Å². The molecule has 1 aliphatic heterocycles. The van der Waals surface area contributed by atoms with Gasteiger partial charge in [0.15, 0.2) is 0 Å². The summed E-state index contributed by atoms with van der Waals surface area (Å²) in [6.07, 6.45) is -0.155. The van der Waals surface area contributed by atoms with Crippen LogP contribution in [-0.4, -0.2) is 69.5 Å². The van der Waals surface area contributed by atoms with Crippen molar-refractivity contribution in [2.24, 2.45) is 0 Å². The summed E-state index contributed by atoms with van der Waals surface area (Å²) < 4.78 is 31.0. The maximum atomic E-state index is 11.6. The summed E-state index contributed by atoms with van der Waals surface area (Å²) in [5, 5.41) is 8.43. The van der Waals surface area contributed by atoms with Gasteiger partial charge in [-0.3, -0.25) is 4.79 Å². The molecule has 0 saturated carbocycles. The van der Waals surface area contributed by atoms with E-state index in [-0.39, 0.29) is 31.2 Å². The number of nitrogens with one attached hydrogen (secondary N) is 1. The number of morpholine rings is 1. The molecule has 0 amide bonds. The van der Waals surface area contributed by atoms with Crippen LogP contribution in [0.25, 0.3) is 0 Å². The van der Waals surface area contributed by atoms with Crippen molar-refractivity contribution in [3.63, 3.8) is 0 Å². The van der Waals surface area contributed by atoms with E-state index in [1.165, 1.54) is 0 Å². The molecule has 106 valence electrons. The number of likely N-dealkylation sites (N-methyl/N-ethyl adjacent to an activating group) is 1. The van der Waals surface area contributed by atoms with E-state index in [1.807, 2.05) is 7.05 Å². The molecule has 1 atom stereocenters. The topological polar surface area (TPSA) is 95.9 Å². The van der Waals surface area contributed by atoms with Crippen LogP contribution in [0.15, 0.2) is 0 Å². The third-order valence-electron chi connectivity index (χ3n) is 2.68. The Morgan fingerprint density at radius 1 is 1.56 bits per heavy atom. The lowest BCUT2D eigenvalue weighted by Gasteiger charge is -2.30. The van der Waals surface area contributed by atoms with Gasteiger partial charge in [0.1, 0.15) is 0 Å². The lowest BCUT2D eigenvalue weighted by atomic mass is 10.3. The monoisotopic (exact) mass is 280 g/mol. The highest BCUT2D eigenvalue weighted by atomic mass is 32.2. The predicted molar refractivity (Wildman–Crippen MR) is 65.9 cm³/mol. The molecule has 0 radical (unpaired) electrons. The lowest BCUT2D eigenvalue weighted by molar-refractivity contribution is -0.137. The molecular formula is C10H20N2O5S. The van der Waals surface area contributed by atoms with Gasteiger partial charge in [0.2, 0.25) is 10.0 Å². The third kappa shape index (κ3) is 6.29. The first-order chi connectivity index (χ1) is 8.39. The fraction of sp³-hybridized carbons (Fsp3) is 0.900. The van der Waals surface area contributed by atoms with Crippen molar-refractivity contribution in [1.82, 2.24) is 9.62 Å². The van der Waals surface area contributed by atoms with Gasteiger partial charge in [0.25, 0.3) is 0 Å². The van der Waals surface area contributed by atoms with E-state index >= 15 is 0 Å². The van der Waals surface area contributed by atoms with Gasteiger partial charge in [0, 0.05) is 26.1 Å². The number of rotatable bonds is 7. The minimum atomic E-state index is -3.41. The van der Waals surface area contributed by atoms with Crippen LogP contribution in [-0.2, 0) is 19.6 Å². The van der Waals surface area contributed by atoms with E-state index in [2.05, 4.69) is 9.62 Å². The van der Waals surface area contributed by atoms with E-state index in [4.69, 9.17) is 9.84 Å². The number of ether oxygens (including phenoxy) is 1. The molecule has 8 heteroatoms. The summed E-state index contributed by atoms with van der Waals surface area (Å²) in [4.78, 5) is 12.4. The summed E-state index contributed by atoms with van der Waals surface area (Å²) in [7, 11) is -1.45. The van der Waals surface area contributed by atoms with Crippen molar-refractivity contribution in [3.05, 3.63) is 0 Å². The lowest BCUT2D eigenvalue weighted by Crippen LogP contribution is -2.46. The molecule has 1 saturated heterocycles. The number of sulfonamides is 1. The van der Waals surface area contributed by atoms with Crippen LogP contribution in [0.2, 0.25) is 0 Å². The highest BCUT2D eigenvalue weighted by molar-refractivity contribution is 7.89. The van der Waals surface area contributed by atoms with Crippen LogP contribution in [0.3, 0.4) is 0 Å². The van der Waals surface area contributed by atoms with E-state index in [0.717, 1.165) is 6.54 Å². The normalized spacial score (nSPS) is 21.9. The molecule has 2 N–H and O–H groups in total. The average Bonchev–Trinajstić information content (AvgIpc) is 2.26. The van der Waals surface area contributed by atoms with Gasteiger partial charge in [0.05, 0.1) is 18.5 Å². The fourth-order valence-electron chi connectivity index (χ4n) is 1.70. The van der Waals surface area contributed by atoms with Gasteiger partial charge in [-0.25, -0.2) is 13.1 Å². The number of nitrogens with zero attached hydrogens (tertiary/aromatic N) is 1. The Bertz CT molecular complexity index is 370. The fourth-order valence-corrected chi connectivity index (χ4v) is 2.80. The van der Waals surface area contributed by atoms with Gasteiger partial charge in [-0.2, -0.15) is 0 Å². The summed E-state index contributed by atoms with van der Waals surface area (Å²) in [6, 6.07) is 0. The van der Waals surface area contributed by atoms with Crippen LogP contribution in [0.5, 0.6) is 0 Å². The number of carbonyl (C=O) groups is 1. The number of hydrogen-bond donors (Lipinski definition) is 2. The first-order valence-electron chi connectivity index (χ1n) is 5.88. The highest BCUT2D eigenvalue weighted by Gasteiger charge is 2.20. The molecule has 0 spiro atoms. The summed E-state index contributed by atoms with van der Waals surface area (Å²) >= 11 is 0. The van der Waals surface area contributed by atoms with Crippen LogP contribution in [0.1, 0.15) is 12.8 Å². The number of carboxylic acids is 1. The molecule has 0 aromatic heterocycles. The number of hydrogen-bond acceptors (Lipinski definition) is 5. The van der Waals surface area contributed by atoms with E-state index in [1.54, 1.807) is 0 Å². The molecule has 7 nitrogen and oxygen atoms in total. The second-order valence-corrected chi connectivity index (χ2v) is 6.35. The van der Waals surface area contributed by atoms with E-state index in [9.17, 15) is 13.2 Å².